The first-order valence-corrected chi connectivity index (χ1v) is 11.6. The van der Waals surface area contributed by atoms with E-state index < -0.39 is 0 Å². The highest BCUT2D eigenvalue weighted by Gasteiger charge is 2.33. The molecule has 162 valence electrons. The minimum absolute atomic E-state index is 0.0355. The second kappa shape index (κ2) is 9.70. The van der Waals surface area contributed by atoms with Gasteiger partial charge < -0.3 is 19.1 Å². The Balaban J connectivity index is 1.44. The van der Waals surface area contributed by atoms with E-state index in [0.717, 1.165) is 28.0 Å². The number of thiazole rings is 1. The average Bonchev–Trinajstić information content (AvgIpc) is 3.54. The molecule has 0 spiro atoms. The molecule has 0 atom stereocenters. The van der Waals surface area contributed by atoms with Gasteiger partial charge in [-0.2, -0.15) is 0 Å². The summed E-state index contributed by atoms with van der Waals surface area (Å²) in [6, 6.07) is 13.3. The summed E-state index contributed by atoms with van der Waals surface area (Å²) in [5.41, 5.74) is 1.55. The van der Waals surface area contributed by atoms with Crippen LogP contribution in [0.15, 0.2) is 52.3 Å². The number of ether oxygens (including phenoxy) is 3. The van der Waals surface area contributed by atoms with Crippen LogP contribution in [0.1, 0.15) is 33.9 Å². The minimum Gasteiger partial charge on any atom is -0.493 e. The van der Waals surface area contributed by atoms with Gasteiger partial charge in [0.05, 0.1) is 26.5 Å². The maximum absolute atomic E-state index is 13.1. The average molecular weight is 503 g/mol. The molecule has 1 aromatic heterocycles. The van der Waals surface area contributed by atoms with E-state index in [9.17, 15) is 4.79 Å². The van der Waals surface area contributed by atoms with Crippen molar-refractivity contribution in [2.75, 3.05) is 14.2 Å². The number of hydrogen-bond acceptors (Lipinski definition) is 6. The molecule has 0 saturated heterocycles. The number of nitrogens with zero attached hydrogens (tertiary/aromatic N) is 2. The summed E-state index contributed by atoms with van der Waals surface area (Å²) in [6.07, 6.45) is 2.07. The first-order chi connectivity index (χ1) is 15.1. The van der Waals surface area contributed by atoms with Gasteiger partial charge in [-0.3, -0.25) is 4.79 Å². The number of aromatic nitrogens is 1. The minimum atomic E-state index is 0.0355. The monoisotopic (exact) mass is 502 g/mol. The normalized spacial score (nSPS) is 13.0. The van der Waals surface area contributed by atoms with E-state index in [4.69, 9.17) is 14.2 Å². The molecule has 0 N–H and O–H groups in total. The van der Waals surface area contributed by atoms with Crippen molar-refractivity contribution in [2.45, 2.75) is 32.0 Å². The fourth-order valence-corrected chi connectivity index (χ4v) is 4.39. The zero-order valence-electron chi connectivity index (χ0n) is 17.3. The molecule has 1 amide bonds. The van der Waals surface area contributed by atoms with E-state index >= 15 is 0 Å². The molecule has 6 nitrogen and oxygen atoms in total. The number of hydrogen-bond donors (Lipinski definition) is 0. The van der Waals surface area contributed by atoms with Gasteiger partial charge in [0.25, 0.3) is 5.91 Å². The lowest BCUT2D eigenvalue weighted by Gasteiger charge is -2.21. The SMILES string of the molecule is COc1cccc(OC)c1OCc1nc(CN(C(=O)c2cccc(Br)c2)C2CC2)cs1. The molecule has 0 aliphatic heterocycles. The second-order valence-electron chi connectivity index (χ2n) is 7.19. The quantitative estimate of drug-likeness (QED) is 0.396. The van der Waals surface area contributed by atoms with Crippen molar-refractivity contribution in [1.29, 1.82) is 0 Å². The number of amides is 1. The Hall–Kier alpha value is -2.58. The zero-order chi connectivity index (χ0) is 21.8. The van der Waals surface area contributed by atoms with Gasteiger partial charge in [0.2, 0.25) is 5.75 Å². The van der Waals surface area contributed by atoms with Crippen LogP contribution >= 0.6 is 27.3 Å². The lowest BCUT2D eigenvalue weighted by Crippen LogP contribution is -2.32. The number of methoxy groups -OCH3 is 2. The van der Waals surface area contributed by atoms with Crippen LogP contribution in [0.25, 0.3) is 0 Å². The van der Waals surface area contributed by atoms with Crippen molar-refractivity contribution < 1.29 is 19.0 Å². The van der Waals surface area contributed by atoms with Crippen molar-refractivity contribution in [3.63, 3.8) is 0 Å². The third-order valence-electron chi connectivity index (χ3n) is 4.97. The van der Waals surface area contributed by atoms with Crippen LogP contribution in [-0.2, 0) is 13.2 Å². The smallest absolute Gasteiger partial charge is 0.254 e. The Morgan fingerprint density at radius 2 is 1.87 bits per heavy atom. The van der Waals surface area contributed by atoms with E-state index in [1.165, 1.54) is 11.3 Å². The lowest BCUT2D eigenvalue weighted by atomic mass is 10.2. The summed E-state index contributed by atoms with van der Waals surface area (Å²) in [7, 11) is 3.19. The molecule has 3 aromatic rings. The summed E-state index contributed by atoms with van der Waals surface area (Å²) < 4.78 is 17.6. The summed E-state index contributed by atoms with van der Waals surface area (Å²) in [5, 5.41) is 2.82. The Labute approximate surface area is 193 Å². The van der Waals surface area contributed by atoms with Crippen molar-refractivity contribution in [3.8, 4) is 17.2 Å². The summed E-state index contributed by atoms with van der Waals surface area (Å²) in [6.45, 7) is 0.787. The van der Waals surface area contributed by atoms with Crippen LogP contribution in [0.3, 0.4) is 0 Å². The van der Waals surface area contributed by atoms with Gasteiger partial charge in [0.15, 0.2) is 11.5 Å². The summed E-state index contributed by atoms with van der Waals surface area (Å²) in [5.74, 6) is 1.80. The van der Waals surface area contributed by atoms with Crippen LogP contribution in [-0.4, -0.2) is 36.1 Å². The first kappa shape index (κ1) is 21.6. The zero-order valence-corrected chi connectivity index (χ0v) is 19.7. The van der Waals surface area contributed by atoms with Gasteiger partial charge in [0.1, 0.15) is 11.6 Å². The number of benzene rings is 2. The van der Waals surface area contributed by atoms with Crippen LogP contribution < -0.4 is 14.2 Å². The van der Waals surface area contributed by atoms with Crippen molar-refractivity contribution in [1.82, 2.24) is 9.88 Å². The summed E-state index contributed by atoms with van der Waals surface area (Å²) >= 11 is 4.96. The Kier molecular flexibility index (Phi) is 6.77. The molecule has 8 heteroatoms. The van der Waals surface area contributed by atoms with Gasteiger partial charge >= 0.3 is 0 Å². The van der Waals surface area contributed by atoms with Gasteiger partial charge in [-0.25, -0.2) is 4.98 Å². The number of carbonyl (C=O) groups is 1. The molecule has 0 bridgehead atoms. The standard InChI is InChI=1S/C23H23BrN2O4S/c1-28-19-7-4-8-20(29-2)22(19)30-13-21-25-17(14-31-21)12-26(18-9-10-18)23(27)15-5-3-6-16(24)11-15/h3-8,11,14,18H,9-10,12-13H2,1-2H3. The highest BCUT2D eigenvalue weighted by Crippen LogP contribution is 2.37. The van der Waals surface area contributed by atoms with Gasteiger partial charge in [-0.15, -0.1) is 11.3 Å². The van der Waals surface area contributed by atoms with Crippen molar-refractivity contribution in [3.05, 3.63) is 68.6 Å². The number of carbonyl (C=O) groups excluding carboxylic acids is 1. The van der Waals surface area contributed by atoms with Crippen LogP contribution in [0.2, 0.25) is 0 Å². The van der Waals surface area contributed by atoms with E-state index in [0.29, 0.717) is 36.0 Å². The molecule has 1 fully saturated rings. The highest BCUT2D eigenvalue weighted by molar-refractivity contribution is 9.10. The maximum atomic E-state index is 13.1. The fourth-order valence-electron chi connectivity index (χ4n) is 3.30. The molecule has 1 aliphatic carbocycles. The fraction of sp³-hybridized carbons (Fsp3) is 0.304. The molecule has 2 aromatic carbocycles. The molecular weight excluding hydrogens is 480 g/mol. The number of para-hydroxylation sites is 1. The van der Waals surface area contributed by atoms with Crippen molar-refractivity contribution >= 4 is 33.2 Å². The van der Waals surface area contributed by atoms with E-state index in [1.54, 1.807) is 14.2 Å². The Morgan fingerprint density at radius 1 is 1.16 bits per heavy atom. The van der Waals surface area contributed by atoms with Crippen LogP contribution in [0, 0.1) is 0 Å². The number of rotatable bonds is 9. The first-order valence-electron chi connectivity index (χ1n) is 9.92. The molecule has 0 radical (unpaired) electrons. The highest BCUT2D eigenvalue weighted by atomic mass is 79.9. The molecule has 1 heterocycles. The molecule has 1 saturated carbocycles. The number of halogens is 1. The van der Waals surface area contributed by atoms with Crippen LogP contribution in [0.4, 0.5) is 0 Å². The predicted octanol–water partition coefficient (Wildman–Crippen LogP) is 5.31. The largest absolute Gasteiger partial charge is 0.493 e. The Morgan fingerprint density at radius 3 is 2.52 bits per heavy atom. The van der Waals surface area contributed by atoms with Crippen LogP contribution in [0.5, 0.6) is 17.2 Å². The van der Waals surface area contributed by atoms with Crippen molar-refractivity contribution in [2.24, 2.45) is 0 Å². The van der Waals surface area contributed by atoms with Gasteiger partial charge in [-0.1, -0.05) is 28.1 Å². The molecule has 0 unspecified atom stereocenters. The second-order valence-corrected chi connectivity index (χ2v) is 9.05. The predicted molar refractivity (Wildman–Crippen MR) is 123 cm³/mol. The topological polar surface area (TPSA) is 60.9 Å². The summed E-state index contributed by atoms with van der Waals surface area (Å²) in [4.78, 5) is 19.7. The van der Waals surface area contributed by atoms with E-state index in [1.807, 2.05) is 52.7 Å². The third-order valence-corrected chi connectivity index (χ3v) is 6.34. The Bertz CT molecular complexity index is 1040. The van der Waals surface area contributed by atoms with E-state index in [-0.39, 0.29) is 11.9 Å². The molecule has 1 aliphatic rings. The molecule has 4 rings (SSSR count). The van der Waals surface area contributed by atoms with Gasteiger partial charge in [0, 0.05) is 21.5 Å². The van der Waals surface area contributed by atoms with Gasteiger partial charge in [-0.05, 0) is 43.2 Å². The maximum Gasteiger partial charge on any atom is 0.254 e. The molecular formula is C23H23BrN2O4S. The molecule has 31 heavy (non-hydrogen) atoms. The van der Waals surface area contributed by atoms with E-state index in [2.05, 4.69) is 20.9 Å². The lowest BCUT2D eigenvalue weighted by molar-refractivity contribution is 0.0728. The third kappa shape index (κ3) is 5.19.